The number of nitrogens with one attached hydrogen (secondary N) is 1. The van der Waals surface area contributed by atoms with Crippen LogP contribution in [0.25, 0.3) is 0 Å². The van der Waals surface area contributed by atoms with Crippen molar-refractivity contribution < 1.29 is 13.2 Å². The Balaban J connectivity index is 1.56. The van der Waals surface area contributed by atoms with E-state index < -0.39 is 10.0 Å². The van der Waals surface area contributed by atoms with Crippen molar-refractivity contribution in [3.8, 4) is 0 Å². The number of rotatable bonds is 6. The molecule has 1 atom stereocenters. The zero-order chi connectivity index (χ0) is 21.7. The lowest BCUT2D eigenvalue weighted by atomic mass is 10.0. The van der Waals surface area contributed by atoms with Crippen molar-refractivity contribution in [2.45, 2.75) is 38.1 Å². The molecule has 7 heteroatoms. The molecule has 6 nitrogen and oxygen atoms in total. The minimum Gasteiger partial charge on any atom is -0.348 e. The van der Waals surface area contributed by atoms with Gasteiger partial charge in [-0.2, -0.15) is 4.31 Å². The SMILES string of the molecule is Cc1ccc(S(=O)(=O)N2CCCN(CC(=O)N[C@@H](C)c3ccccc3C)CC2)cc1. The van der Waals surface area contributed by atoms with Gasteiger partial charge in [0.25, 0.3) is 0 Å². The number of hydrogen-bond acceptors (Lipinski definition) is 4. The van der Waals surface area contributed by atoms with Gasteiger partial charge in [0, 0.05) is 19.6 Å². The predicted octanol–water partition coefficient (Wildman–Crippen LogP) is 2.88. The first-order valence-corrected chi connectivity index (χ1v) is 11.9. The van der Waals surface area contributed by atoms with Gasteiger partial charge in [0.05, 0.1) is 17.5 Å². The van der Waals surface area contributed by atoms with Gasteiger partial charge in [-0.05, 0) is 57.0 Å². The van der Waals surface area contributed by atoms with Crippen molar-refractivity contribution >= 4 is 15.9 Å². The summed E-state index contributed by atoms with van der Waals surface area (Å²) < 4.78 is 27.4. The monoisotopic (exact) mass is 429 g/mol. The normalized spacial score (nSPS) is 17.3. The van der Waals surface area contributed by atoms with Crippen molar-refractivity contribution in [2.24, 2.45) is 0 Å². The molecule has 1 fully saturated rings. The second-order valence-corrected chi connectivity index (χ2v) is 9.93. The molecule has 0 unspecified atom stereocenters. The molecule has 1 aliphatic heterocycles. The van der Waals surface area contributed by atoms with Crippen LogP contribution in [0.5, 0.6) is 0 Å². The van der Waals surface area contributed by atoms with E-state index >= 15 is 0 Å². The minimum absolute atomic E-state index is 0.0411. The predicted molar refractivity (Wildman–Crippen MR) is 119 cm³/mol. The summed E-state index contributed by atoms with van der Waals surface area (Å²) in [7, 11) is -3.51. The Bertz CT molecular complexity index is 973. The quantitative estimate of drug-likeness (QED) is 0.767. The third-order valence-electron chi connectivity index (χ3n) is 5.61. The smallest absolute Gasteiger partial charge is 0.243 e. The van der Waals surface area contributed by atoms with Gasteiger partial charge in [-0.3, -0.25) is 9.69 Å². The fourth-order valence-corrected chi connectivity index (χ4v) is 5.32. The molecule has 0 aliphatic carbocycles. The van der Waals surface area contributed by atoms with Crippen LogP contribution < -0.4 is 5.32 Å². The standard InChI is InChI=1S/C23H31N3O3S/c1-18-9-11-21(12-10-18)30(28,29)26-14-6-13-25(15-16-26)17-23(27)24-20(3)22-8-5-4-7-19(22)2/h4-5,7-12,20H,6,13-17H2,1-3H3,(H,24,27)/t20-/m0/s1. The second-order valence-electron chi connectivity index (χ2n) is 7.99. The zero-order valence-electron chi connectivity index (χ0n) is 18.0. The average Bonchev–Trinajstić information content (AvgIpc) is 2.94. The summed E-state index contributed by atoms with van der Waals surface area (Å²) in [5.74, 6) is -0.0411. The Morgan fingerprint density at radius 3 is 2.40 bits per heavy atom. The largest absolute Gasteiger partial charge is 0.348 e. The fraction of sp³-hybridized carbons (Fsp3) is 0.435. The highest BCUT2D eigenvalue weighted by atomic mass is 32.2. The van der Waals surface area contributed by atoms with Crippen LogP contribution in [0.4, 0.5) is 0 Å². The van der Waals surface area contributed by atoms with Crippen molar-refractivity contribution in [2.75, 3.05) is 32.7 Å². The summed E-state index contributed by atoms with van der Waals surface area (Å²) in [5, 5.41) is 3.06. The Hall–Kier alpha value is -2.22. The van der Waals surface area contributed by atoms with Gasteiger partial charge in [0.2, 0.25) is 15.9 Å². The zero-order valence-corrected chi connectivity index (χ0v) is 18.8. The van der Waals surface area contributed by atoms with Crippen molar-refractivity contribution in [1.82, 2.24) is 14.5 Å². The number of aryl methyl sites for hydroxylation is 2. The van der Waals surface area contributed by atoms with Crippen LogP contribution in [-0.4, -0.2) is 56.3 Å². The van der Waals surface area contributed by atoms with E-state index in [1.165, 1.54) is 4.31 Å². The summed E-state index contributed by atoms with van der Waals surface area (Å²) in [6.45, 7) is 8.32. The molecule has 0 spiro atoms. The molecule has 1 heterocycles. The van der Waals surface area contributed by atoms with E-state index in [-0.39, 0.29) is 18.5 Å². The molecule has 2 aromatic carbocycles. The van der Waals surface area contributed by atoms with Gasteiger partial charge < -0.3 is 5.32 Å². The number of sulfonamides is 1. The molecule has 1 N–H and O–H groups in total. The molecule has 2 aromatic rings. The third kappa shape index (κ3) is 5.47. The highest BCUT2D eigenvalue weighted by molar-refractivity contribution is 7.89. The van der Waals surface area contributed by atoms with E-state index in [4.69, 9.17) is 0 Å². The lowest BCUT2D eigenvalue weighted by Gasteiger charge is -2.23. The Kier molecular flexibility index (Phi) is 7.28. The fourth-order valence-electron chi connectivity index (χ4n) is 3.85. The number of hydrogen-bond donors (Lipinski definition) is 1. The first-order chi connectivity index (χ1) is 14.3. The maximum absolute atomic E-state index is 12.9. The molecule has 1 aliphatic rings. The van der Waals surface area contributed by atoms with Crippen LogP contribution in [0.1, 0.15) is 36.1 Å². The van der Waals surface area contributed by atoms with Crippen LogP contribution in [0.2, 0.25) is 0 Å². The van der Waals surface area contributed by atoms with Gasteiger partial charge in [0.1, 0.15) is 0 Å². The Morgan fingerprint density at radius 2 is 1.70 bits per heavy atom. The van der Waals surface area contributed by atoms with Crippen molar-refractivity contribution in [1.29, 1.82) is 0 Å². The highest BCUT2D eigenvalue weighted by Gasteiger charge is 2.27. The molecule has 0 bridgehead atoms. The molecule has 3 rings (SSSR count). The minimum atomic E-state index is -3.51. The lowest BCUT2D eigenvalue weighted by molar-refractivity contribution is -0.122. The van der Waals surface area contributed by atoms with Crippen LogP contribution in [0.15, 0.2) is 53.4 Å². The average molecular weight is 430 g/mol. The first-order valence-electron chi connectivity index (χ1n) is 10.4. The number of amides is 1. The molecule has 162 valence electrons. The van der Waals surface area contributed by atoms with Gasteiger partial charge in [-0.15, -0.1) is 0 Å². The lowest BCUT2D eigenvalue weighted by Crippen LogP contribution is -2.40. The Morgan fingerprint density at radius 1 is 1.00 bits per heavy atom. The summed E-state index contributed by atoms with van der Waals surface area (Å²) >= 11 is 0. The Labute approximate surface area is 179 Å². The molecular formula is C23H31N3O3S. The molecule has 30 heavy (non-hydrogen) atoms. The molecule has 1 amide bonds. The van der Waals surface area contributed by atoms with Gasteiger partial charge in [-0.25, -0.2) is 8.42 Å². The number of nitrogens with zero attached hydrogens (tertiary/aromatic N) is 2. The topological polar surface area (TPSA) is 69.7 Å². The van der Waals surface area contributed by atoms with E-state index in [1.54, 1.807) is 12.1 Å². The second kappa shape index (κ2) is 9.73. The van der Waals surface area contributed by atoms with E-state index in [0.29, 0.717) is 37.5 Å². The van der Waals surface area contributed by atoms with Gasteiger partial charge in [0.15, 0.2) is 0 Å². The van der Waals surface area contributed by atoms with Gasteiger partial charge >= 0.3 is 0 Å². The van der Waals surface area contributed by atoms with Crippen LogP contribution in [0.3, 0.4) is 0 Å². The number of benzene rings is 2. The molecule has 0 radical (unpaired) electrons. The summed E-state index contributed by atoms with van der Waals surface area (Å²) in [6.07, 6.45) is 0.700. The van der Waals surface area contributed by atoms with Crippen molar-refractivity contribution in [3.63, 3.8) is 0 Å². The van der Waals surface area contributed by atoms with Gasteiger partial charge in [-0.1, -0.05) is 42.0 Å². The molecule has 0 aromatic heterocycles. The van der Waals surface area contributed by atoms with E-state index in [1.807, 2.05) is 62.1 Å². The van der Waals surface area contributed by atoms with E-state index in [0.717, 1.165) is 16.7 Å². The highest BCUT2D eigenvalue weighted by Crippen LogP contribution is 2.19. The maximum Gasteiger partial charge on any atom is 0.243 e. The first kappa shape index (κ1) is 22.5. The number of carbonyl (C=O) groups excluding carboxylic acids is 1. The summed E-state index contributed by atoms with van der Waals surface area (Å²) in [6, 6.07) is 14.9. The molecule has 0 saturated carbocycles. The van der Waals surface area contributed by atoms with Crippen LogP contribution in [0, 0.1) is 13.8 Å². The molecular weight excluding hydrogens is 398 g/mol. The summed E-state index contributed by atoms with van der Waals surface area (Å²) in [4.78, 5) is 14.9. The van der Waals surface area contributed by atoms with Crippen LogP contribution in [-0.2, 0) is 14.8 Å². The summed E-state index contributed by atoms with van der Waals surface area (Å²) in [5.41, 5.74) is 3.29. The van der Waals surface area contributed by atoms with Crippen LogP contribution >= 0.6 is 0 Å². The van der Waals surface area contributed by atoms with E-state index in [2.05, 4.69) is 5.32 Å². The third-order valence-corrected chi connectivity index (χ3v) is 7.52. The molecule has 1 saturated heterocycles. The van der Waals surface area contributed by atoms with Crippen molar-refractivity contribution in [3.05, 3.63) is 65.2 Å². The number of carbonyl (C=O) groups is 1. The van der Waals surface area contributed by atoms with E-state index in [9.17, 15) is 13.2 Å². The maximum atomic E-state index is 12.9.